The van der Waals surface area contributed by atoms with Gasteiger partial charge in [-0.2, -0.15) is 13.2 Å². The van der Waals surface area contributed by atoms with Crippen LogP contribution >= 0.6 is 80.9 Å². The summed E-state index contributed by atoms with van der Waals surface area (Å²) in [6, 6.07) is 91.7. The molecule has 144 heavy (non-hydrogen) atoms. The molecule has 4 saturated carbocycles. The fourth-order valence-electron chi connectivity index (χ4n) is 17.9. The summed E-state index contributed by atoms with van der Waals surface area (Å²) < 4.78 is 50.8. The van der Waals surface area contributed by atoms with Crippen LogP contribution in [0.2, 0.25) is 29.4 Å². The Bertz CT molecular complexity index is 6240. The highest BCUT2D eigenvalue weighted by molar-refractivity contribution is 7.16. The third-order valence-electron chi connectivity index (χ3n) is 24.7. The van der Waals surface area contributed by atoms with Crippen molar-refractivity contribution in [3.8, 4) is 28.4 Å². The molecule has 0 aliphatic heterocycles. The third-order valence-corrected chi connectivity index (χ3v) is 27.5. The molecule has 4 aliphatic carbocycles. The fraction of sp³-hybridized carbons (Fsp3) is 0.290. The maximum absolute atomic E-state index is 12.6. The van der Waals surface area contributed by atoms with Crippen molar-refractivity contribution < 1.29 is 27.6 Å². The van der Waals surface area contributed by atoms with Gasteiger partial charge in [0.15, 0.2) is 0 Å². The molecule has 11 aromatic carbocycles. The van der Waals surface area contributed by atoms with Gasteiger partial charge < -0.3 is 14.0 Å². The first-order valence-electron chi connectivity index (χ1n) is 49.1. The molecule has 4 bridgehead atoms. The summed E-state index contributed by atoms with van der Waals surface area (Å²) in [5.41, 5.74) is 21.5. The van der Waals surface area contributed by atoms with Crippen molar-refractivity contribution in [2.75, 3.05) is 14.2 Å². The van der Waals surface area contributed by atoms with Crippen molar-refractivity contribution in [3.63, 3.8) is 0 Å². The molecule has 4 aliphatic rings. The van der Waals surface area contributed by atoms with E-state index in [1.165, 1.54) is 115 Å². The van der Waals surface area contributed by atoms with E-state index >= 15 is 0 Å². The maximum atomic E-state index is 12.6. The van der Waals surface area contributed by atoms with Crippen LogP contribution in [-0.4, -0.2) is 43.6 Å². The van der Waals surface area contributed by atoms with Gasteiger partial charge in [-0.1, -0.05) is 298 Å². The first-order valence-corrected chi connectivity index (χ1v) is 52.2. The van der Waals surface area contributed by atoms with Gasteiger partial charge in [-0.15, -0.1) is 11.3 Å². The second kappa shape index (κ2) is 62.2. The lowest BCUT2D eigenvalue weighted by molar-refractivity contribution is -0.384. The van der Waals surface area contributed by atoms with Gasteiger partial charge in [0.1, 0.15) is 17.3 Å². The Morgan fingerprint density at radius 3 is 1.53 bits per heavy atom. The third kappa shape index (κ3) is 40.7. The number of aryl methyl sites for hydroxylation is 8. The molecule has 0 amide bonds. The normalized spacial score (nSPS) is 14.2. The van der Waals surface area contributed by atoms with Crippen LogP contribution in [0.15, 0.2) is 334 Å². The van der Waals surface area contributed by atoms with Gasteiger partial charge in [-0.05, 0) is 362 Å². The SMILES string of the molecule is C/C=C/c1ccc(Cl)cc1.C/C=C/c1ccc([N+](=O)[O-])cc1.CC=C(c1ccc(OC)cc1)c1ccc(OC)cc1.CCC(c1ccccc1)c1ccccc1.CCCC12CC3CC(CC(C3)C1)C2.CCCc1ccc(Cl)c(Cl)c1.CCCc1ccc(Cl)cc1.Cc1cc(-n2cnc(C)c2)cc(C(F)(F)F)c1.Cc1ccc(C)c(Cc2nccc(-c3cccnc3)n2)c1.Cc1ccc(Cl)s1.Cc1cccc(Cl)c1C. The number of alkyl halides is 3. The Morgan fingerprint density at radius 1 is 0.535 bits per heavy atom. The Labute approximate surface area is 888 Å². The number of methoxy groups -OCH3 is 2. The molecule has 0 saturated heterocycles. The number of non-ortho nitro benzene ring substituents is 1. The lowest BCUT2D eigenvalue weighted by Gasteiger charge is -2.57. The van der Waals surface area contributed by atoms with Crippen molar-refractivity contribution in [1.29, 1.82) is 0 Å². The first-order chi connectivity index (χ1) is 69.2. The van der Waals surface area contributed by atoms with Gasteiger partial charge in [-0.3, -0.25) is 15.1 Å². The van der Waals surface area contributed by atoms with Crippen molar-refractivity contribution in [2.24, 2.45) is 23.2 Å². The molecule has 4 heterocycles. The fourth-order valence-corrected chi connectivity index (χ4v) is 19.7. The number of nitrogens with zero attached hydrogens (tertiary/aromatic N) is 6. The lowest BCUT2D eigenvalue weighted by atomic mass is 9.49. The highest BCUT2D eigenvalue weighted by atomic mass is 35.5. The Balaban J connectivity index is 0.000000196. The molecule has 0 atom stereocenters. The summed E-state index contributed by atoms with van der Waals surface area (Å²) in [6.45, 7) is 28.7. The van der Waals surface area contributed by atoms with Crippen molar-refractivity contribution >= 4 is 104 Å². The second-order valence-electron chi connectivity index (χ2n) is 36.1. The number of halogens is 9. The zero-order valence-corrected chi connectivity index (χ0v) is 91.1. The molecule has 756 valence electrons. The Morgan fingerprint density at radius 2 is 1.08 bits per heavy atom. The highest BCUT2D eigenvalue weighted by Gasteiger charge is 2.50. The number of nitro groups is 1. The van der Waals surface area contributed by atoms with Gasteiger partial charge in [0.25, 0.3) is 5.69 Å². The van der Waals surface area contributed by atoms with Crippen LogP contribution in [0.25, 0.3) is 34.7 Å². The molecule has 0 unspecified atom stereocenters. The van der Waals surface area contributed by atoms with Gasteiger partial charge in [-0.25, -0.2) is 15.0 Å². The minimum atomic E-state index is -4.32. The predicted molar refractivity (Wildman–Crippen MR) is 606 cm³/mol. The van der Waals surface area contributed by atoms with E-state index in [-0.39, 0.29) is 5.69 Å². The average molecular weight is 2080 g/mol. The molecular weight excluding hydrogens is 1940 g/mol. The van der Waals surface area contributed by atoms with E-state index in [2.05, 4.69) is 196 Å². The smallest absolute Gasteiger partial charge is 0.416 e. The summed E-state index contributed by atoms with van der Waals surface area (Å²) in [5.74, 6) is 6.56. The number of thiophene rings is 1. The van der Waals surface area contributed by atoms with Crippen LogP contribution in [0.1, 0.15) is 225 Å². The van der Waals surface area contributed by atoms with Gasteiger partial charge in [0.05, 0.1) is 56.8 Å². The molecule has 0 radical (unpaired) electrons. The molecule has 10 nitrogen and oxygen atoms in total. The van der Waals surface area contributed by atoms with Crippen molar-refractivity contribution in [3.05, 3.63) is 474 Å². The monoisotopic (exact) mass is 2070 g/mol. The summed E-state index contributed by atoms with van der Waals surface area (Å²) in [5, 5.41) is 14.0. The van der Waals surface area contributed by atoms with E-state index in [4.69, 9.17) is 79.1 Å². The largest absolute Gasteiger partial charge is 0.497 e. The van der Waals surface area contributed by atoms with Crippen LogP contribution in [0.4, 0.5) is 18.9 Å². The average Bonchev–Trinajstić information content (AvgIpc) is 0.868. The summed E-state index contributed by atoms with van der Waals surface area (Å²) in [4.78, 5) is 28.3. The summed E-state index contributed by atoms with van der Waals surface area (Å²) in [7, 11) is 3.35. The van der Waals surface area contributed by atoms with E-state index in [1.807, 2.05) is 193 Å². The first kappa shape index (κ1) is 118. The quantitative estimate of drug-likeness (QED) is 0.0547. The Hall–Kier alpha value is -11.7. The molecule has 4 aromatic heterocycles. The van der Waals surface area contributed by atoms with E-state index < -0.39 is 16.7 Å². The minimum absolute atomic E-state index is 0.128. The van der Waals surface area contributed by atoms with Crippen molar-refractivity contribution in [2.45, 2.75) is 199 Å². The number of hydrogen-bond acceptors (Lipinski definition) is 9. The molecule has 15 aromatic rings. The maximum Gasteiger partial charge on any atom is 0.416 e. The molecule has 0 N–H and O–H groups in total. The number of imidazole rings is 1. The van der Waals surface area contributed by atoms with Crippen LogP contribution in [-0.2, 0) is 25.4 Å². The molecule has 19 rings (SSSR count). The second-order valence-corrected chi connectivity index (χ2v) is 40.1. The zero-order chi connectivity index (χ0) is 105. The van der Waals surface area contributed by atoms with E-state index in [1.54, 1.807) is 113 Å². The number of nitro benzene ring substituents is 1. The summed E-state index contributed by atoms with van der Waals surface area (Å²) >= 11 is 36.0. The van der Waals surface area contributed by atoms with Crippen LogP contribution in [0.5, 0.6) is 11.5 Å². The molecule has 0 spiro atoms. The van der Waals surface area contributed by atoms with Gasteiger partial charge >= 0.3 is 6.18 Å². The number of hydrogen-bond donors (Lipinski definition) is 0. The molecule has 20 heteroatoms. The number of pyridine rings is 1. The standard InChI is InChI=1S/C18H17N3.C17H18O2.C15H16.C13H22.C12H11F3N2.C9H10Cl2.C9H11Cl.C9H9Cl.C9H9NO2.C8H9Cl.C5H5ClS/c1-13-5-6-14(2)16(10-13)11-18-20-9-7-17(21-18)15-4-3-8-19-12-15;1-4-17(13-5-9-15(18-2)10-6-13)14-7-11-16(19-3)12-8-14;1-2-15(13-9-5-3-6-10-13)14-11-7-4-8-12-14;1-2-3-13-7-10-4-11(8-13)6-12(5-10)9-13;1-8-3-10(12(13,14)15)5-11(4-8)17-6-9(2)16-7-17;1-2-3-7-4-5-8(10)9(11)6-7;2*1-2-3-8-4-6-9(10)7-5-8;1-2-3-8-4-6-9(7-5-8)10(11)12;1-6-4-3-5-8(9)7(6)2;1-4-2-3-5(6)7-4/h3-10,12H,11H2,1-2H3;4-12H,1-3H3;3-12,15H,2H2,1H3;10-12H,2-9H2,1H3;3-7H,1-2H3;4-6H,2-3H2,1H3;4-7H,2-3H2,1H3;2-7H,1H3;2-7H,1H3;3-5H,1-2H3;2-3H,1H3/b;;;;;;;2*3-2+;;. The van der Waals surface area contributed by atoms with E-state index in [0.717, 1.165) is 127 Å². The highest BCUT2D eigenvalue weighted by Crippen LogP contribution is 2.61. The number of aromatic nitrogens is 5. The molecule has 4 fully saturated rings. The number of benzene rings is 11. The van der Waals surface area contributed by atoms with Crippen LogP contribution in [0, 0.1) is 81.7 Å². The van der Waals surface area contributed by atoms with Gasteiger partial charge in [0, 0.05) is 80.5 Å². The van der Waals surface area contributed by atoms with Crippen molar-refractivity contribution in [1.82, 2.24) is 24.5 Å². The number of rotatable bonds is 20. The topological polar surface area (TPSA) is 118 Å². The van der Waals surface area contributed by atoms with E-state index in [0.29, 0.717) is 27.2 Å². The summed E-state index contributed by atoms with van der Waals surface area (Å²) in [6.07, 6.45) is 33.2. The number of allylic oxidation sites excluding steroid dienone is 3. The van der Waals surface area contributed by atoms with Crippen LogP contribution in [0.3, 0.4) is 0 Å². The number of ether oxygens (including phenoxy) is 2. The lowest BCUT2D eigenvalue weighted by Crippen LogP contribution is -2.45. The zero-order valence-electron chi connectivity index (χ0n) is 85.7. The molecular formula is C124H137Cl6F3N6O4S. The van der Waals surface area contributed by atoms with Gasteiger partial charge in [0.2, 0.25) is 0 Å². The minimum Gasteiger partial charge on any atom is -0.497 e. The van der Waals surface area contributed by atoms with E-state index in [9.17, 15) is 23.3 Å². The predicted octanol–water partition coefficient (Wildman–Crippen LogP) is 38.5. The van der Waals surface area contributed by atoms with Crippen LogP contribution < -0.4 is 9.47 Å². The Kier molecular flexibility index (Phi) is 50.8.